The van der Waals surface area contributed by atoms with Crippen LogP contribution in [-0.2, 0) is 4.79 Å². The number of hydrogen-bond acceptors (Lipinski definition) is 2. The molecule has 3 nitrogen and oxygen atoms in total. The van der Waals surface area contributed by atoms with Gasteiger partial charge in [-0.05, 0) is 31.1 Å². The van der Waals surface area contributed by atoms with E-state index in [1.54, 1.807) is 0 Å². The van der Waals surface area contributed by atoms with Gasteiger partial charge in [-0.3, -0.25) is 0 Å². The summed E-state index contributed by atoms with van der Waals surface area (Å²) in [5.74, 6) is -4.44. The van der Waals surface area contributed by atoms with Gasteiger partial charge in [-0.2, -0.15) is 8.78 Å². The summed E-state index contributed by atoms with van der Waals surface area (Å²) in [6.07, 6.45) is 3.13. The molecule has 0 bridgehead atoms. The van der Waals surface area contributed by atoms with E-state index < -0.39 is 18.4 Å². The van der Waals surface area contributed by atoms with E-state index in [9.17, 15) is 13.6 Å². The number of aliphatic carboxylic acids is 1. The molecule has 0 aromatic heterocycles. The third-order valence-electron chi connectivity index (χ3n) is 3.24. The van der Waals surface area contributed by atoms with Gasteiger partial charge >= 0.3 is 11.9 Å². The average molecular weight is 205 g/mol. The van der Waals surface area contributed by atoms with Crippen molar-refractivity contribution in [3.8, 4) is 0 Å². The molecule has 5 heteroatoms. The molecule has 2 fully saturated rings. The number of carbonyl (C=O) groups is 1. The number of fused-ring (bicyclic) bond motifs is 1. The van der Waals surface area contributed by atoms with Crippen LogP contribution in [0, 0.1) is 11.8 Å². The van der Waals surface area contributed by atoms with Crippen LogP contribution in [0.1, 0.15) is 19.3 Å². The molecule has 0 aromatic rings. The van der Waals surface area contributed by atoms with Gasteiger partial charge in [0.1, 0.15) is 0 Å². The fraction of sp³-hybridized carbons (Fsp3) is 0.889. The van der Waals surface area contributed by atoms with Gasteiger partial charge in [-0.1, -0.05) is 0 Å². The molecule has 2 aliphatic rings. The highest BCUT2D eigenvalue weighted by Crippen LogP contribution is 2.51. The molecule has 80 valence electrons. The van der Waals surface area contributed by atoms with Crippen molar-refractivity contribution in [1.82, 2.24) is 5.32 Å². The minimum atomic E-state index is -3.63. The Balaban J connectivity index is 1.79. The monoisotopic (exact) mass is 205 g/mol. The molecule has 0 aromatic carbocycles. The van der Waals surface area contributed by atoms with Gasteiger partial charge in [0.2, 0.25) is 0 Å². The van der Waals surface area contributed by atoms with Crippen LogP contribution in [0.5, 0.6) is 0 Å². The summed E-state index contributed by atoms with van der Waals surface area (Å²) < 4.78 is 25.4. The van der Waals surface area contributed by atoms with Crippen LogP contribution < -0.4 is 5.32 Å². The molecule has 0 saturated heterocycles. The standard InChI is InChI=1S/C9H13F2NO2/c10-9(11,8(13)14)4-12-7-2-1-5-3-6(5)7/h5-7,12H,1-4H2,(H,13,14)/t5-,6+,7?/m1/s1. The highest BCUT2D eigenvalue weighted by Gasteiger charge is 2.49. The van der Waals surface area contributed by atoms with E-state index in [0.717, 1.165) is 19.3 Å². The Kier molecular flexibility index (Phi) is 2.21. The molecule has 0 aliphatic heterocycles. The molecule has 2 N–H and O–H groups in total. The van der Waals surface area contributed by atoms with Gasteiger partial charge in [0, 0.05) is 6.04 Å². The SMILES string of the molecule is O=C(O)C(F)(F)CNC1CC[C@@H]2C[C@H]12. The Morgan fingerprint density at radius 1 is 1.50 bits per heavy atom. The molecule has 0 heterocycles. The summed E-state index contributed by atoms with van der Waals surface area (Å²) in [5.41, 5.74) is 0. The first-order chi connectivity index (χ1) is 6.50. The maximum absolute atomic E-state index is 12.7. The summed E-state index contributed by atoms with van der Waals surface area (Å²) in [7, 11) is 0. The fourth-order valence-corrected chi connectivity index (χ4v) is 2.29. The molecular weight excluding hydrogens is 192 g/mol. The van der Waals surface area contributed by atoms with Crippen LogP contribution in [0.3, 0.4) is 0 Å². The van der Waals surface area contributed by atoms with Crippen LogP contribution in [0.25, 0.3) is 0 Å². The van der Waals surface area contributed by atoms with Crippen molar-refractivity contribution in [3.05, 3.63) is 0 Å². The molecule has 3 atom stereocenters. The largest absolute Gasteiger partial charge is 0.477 e. The van der Waals surface area contributed by atoms with E-state index in [1.807, 2.05) is 0 Å². The fourth-order valence-electron chi connectivity index (χ4n) is 2.29. The number of hydrogen-bond donors (Lipinski definition) is 2. The van der Waals surface area contributed by atoms with Crippen LogP contribution in [0.4, 0.5) is 8.78 Å². The van der Waals surface area contributed by atoms with Gasteiger partial charge in [0.25, 0.3) is 0 Å². The minimum Gasteiger partial charge on any atom is -0.477 e. The zero-order valence-corrected chi connectivity index (χ0v) is 7.67. The van der Waals surface area contributed by atoms with Crippen molar-refractivity contribution < 1.29 is 18.7 Å². The van der Waals surface area contributed by atoms with Crippen LogP contribution in [-0.4, -0.2) is 29.6 Å². The van der Waals surface area contributed by atoms with E-state index in [0.29, 0.717) is 11.8 Å². The van der Waals surface area contributed by atoms with E-state index in [1.165, 1.54) is 0 Å². The Bertz CT molecular complexity index is 257. The first-order valence-electron chi connectivity index (χ1n) is 4.85. The van der Waals surface area contributed by atoms with Crippen molar-refractivity contribution in [3.63, 3.8) is 0 Å². The van der Waals surface area contributed by atoms with E-state index >= 15 is 0 Å². The predicted molar refractivity (Wildman–Crippen MR) is 45.2 cm³/mol. The van der Waals surface area contributed by atoms with Crippen molar-refractivity contribution in [2.45, 2.75) is 31.2 Å². The van der Waals surface area contributed by atoms with Crippen molar-refractivity contribution in [2.24, 2.45) is 11.8 Å². The predicted octanol–water partition coefficient (Wildman–Crippen LogP) is 1.09. The van der Waals surface area contributed by atoms with Crippen LogP contribution >= 0.6 is 0 Å². The van der Waals surface area contributed by atoms with E-state index in [-0.39, 0.29) is 6.04 Å². The first kappa shape index (κ1) is 9.83. The zero-order chi connectivity index (χ0) is 10.3. The van der Waals surface area contributed by atoms with Gasteiger partial charge in [0.05, 0.1) is 6.54 Å². The summed E-state index contributed by atoms with van der Waals surface area (Å²) in [4.78, 5) is 10.1. The molecule has 2 aliphatic carbocycles. The second-order valence-electron chi connectivity index (χ2n) is 4.23. The topological polar surface area (TPSA) is 49.3 Å². The molecule has 0 radical (unpaired) electrons. The average Bonchev–Trinajstić information content (AvgIpc) is 2.77. The zero-order valence-electron chi connectivity index (χ0n) is 7.67. The molecule has 0 spiro atoms. The van der Waals surface area contributed by atoms with Gasteiger partial charge in [-0.15, -0.1) is 0 Å². The smallest absolute Gasteiger partial charge is 0.375 e. The Morgan fingerprint density at radius 3 is 2.64 bits per heavy atom. The summed E-state index contributed by atoms with van der Waals surface area (Å²) in [5, 5.41) is 10.9. The van der Waals surface area contributed by atoms with Gasteiger partial charge < -0.3 is 10.4 Å². The van der Waals surface area contributed by atoms with Gasteiger partial charge in [-0.25, -0.2) is 4.79 Å². The van der Waals surface area contributed by atoms with Crippen LogP contribution in [0.15, 0.2) is 0 Å². The quantitative estimate of drug-likeness (QED) is 0.722. The van der Waals surface area contributed by atoms with Crippen molar-refractivity contribution in [2.75, 3.05) is 6.54 Å². The molecular formula is C9H13F2NO2. The normalized spacial score (nSPS) is 35.4. The number of carboxylic acids is 1. The lowest BCUT2D eigenvalue weighted by Crippen LogP contribution is -2.44. The van der Waals surface area contributed by atoms with E-state index in [2.05, 4.69) is 5.32 Å². The third-order valence-corrected chi connectivity index (χ3v) is 3.24. The van der Waals surface area contributed by atoms with E-state index in [4.69, 9.17) is 5.11 Å². The highest BCUT2D eigenvalue weighted by molar-refractivity contribution is 5.75. The summed E-state index contributed by atoms with van der Waals surface area (Å²) in [6.45, 7) is -0.740. The Hall–Kier alpha value is -0.710. The second-order valence-corrected chi connectivity index (χ2v) is 4.23. The maximum Gasteiger partial charge on any atom is 0.375 e. The lowest BCUT2D eigenvalue weighted by atomic mass is 10.1. The van der Waals surface area contributed by atoms with Gasteiger partial charge in [0.15, 0.2) is 0 Å². The first-order valence-corrected chi connectivity index (χ1v) is 4.85. The molecule has 14 heavy (non-hydrogen) atoms. The molecule has 0 amide bonds. The lowest BCUT2D eigenvalue weighted by Gasteiger charge is -2.17. The summed E-state index contributed by atoms with van der Waals surface area (Å²) >= 11 is 0. The highest BCUT2D eigenvalue weighted by atomic mass is 19.3. The molecule has 1 unspecified atom stereocenters. The Morgan fingerprint density at radius 2 is 2.21 bits per heavy atom. The lowest BCUT2D eigenvalue weighted by molar-refractivity contribution is -0.164. The number of halogens is 2. The summed E-state index contributed by atoms with van der Waals surface area (Å²) in [6, 6.07) is 0.116. The number of nitrogens with one attached hydrogen (secondary N) is 1. The number of rotatable bonds is 4. The van der Waals surface area contributed by atoms with Crippen molar-refractivity contribution >= 4 is 5.97 Å². The number of carboxylic acid groups (broad SMARTS) is 1. The Labute approximate surface area is 80.5 Å². The molecule has 2 rings (SSSR count). The van der Waals surface area contributed by atoms with Crippen LogP contribution in [0.2, 0.25) is 0 Å². The second kappa shape index (κ2) is 3.15. The van der Waals surface area contributed by atoms with Crippen molar-refractivity contribution in [1.29, 1.82) is 0 Å². The minimum absolute atomic E-state index is 0.116. The number of alkyl halides is 2. The third kappa shape index (κ3) is 1.73. The maximum atomic E-state index is 12.7. The molecule has 2 saturated carbocycles.